The first kappa shape index (κ1) is 13.2. The summed E-state index contributed by atoms with van der Waals surface area (Å²) in [4.78, 5) is 0. The quantitative estimate of drug-likeness (QED) is 0.733. The fraction of sp³-hybridized carbons (Fsp3) is 0.571. The van der Waals surface area contributed by atoms with Crippen molar-refractivity contribution in [3.63, 3.8) is 0 Å². The molecule has 2 heteroatoms. The Labute approximate surface area is 98.6 Å². The molecule has 89 valence electrons. The Hall–Kier alpha value is -0.860. The first-order valence-corrected chi connectivity index (χ1v) is 5.81. The van der Waals surface area contributed by atoms with E-state index in [1.54, 1.807) is 0 Å². The minimum absolute atomic E-state index is 0.254. The monoisotopic (exact) mass is 221 g/mol. The number of ether oxygens (including phenoxy) is 2. The van der Waals surface area contributed by atoms with Crippen molar-refractivity contribution in [1.82, 2.24) is 0 Å². The molecule has 0 amide bonds. The molecule has 1 aromatic rings. The molecule has 0 unspecified atom stereocenters. The molecule has 0 heterocycles. The van der Waals surface area contributed by atoms with Gasteiger partial charge >= 0.3 is 0 Å². The molecule has 0 saturated carbocycles. The van der Waals surface area contributed by atoms with Crippen LogP contribution in [-0.2, 0) is 22.7 Å². The molecule has 0 aromatic heterocycles. The van der Waals surface area contributed by atoms with Crippen molar-refractivity contribution in [1.29, 1.82) is 0 Å². The van der Waals surface area contributed by atoms with Gasteiger partial charge in [0.2, 0.25) is 0 Å². The van der Waals surface area contributed by atoms with E-state index in [4.69, 9.17) is 9.47 Å². The molecule has 16 heavy (non-hydrogen) atoms. The Balaban J connectivity index is 2.50. The van der Waals surface area contributed by atoms with Gasteiger partial charge in [-0.25, -0.2) is 0 Å². The second-order valence-electron chi connectivity index (χ2n) is 4.42. The Morgan fingerprint density at radius 3 is 1.75 bits per heavy atom. The van der Waals surface area contributed by atoms with Crippen LogP contribution in [0.5, 0.6) is 0 Å². The molecular weight excluding hydrogens is 200 g/mol. The van der Waals surface area contributed by atoms with Crippen molar-refractivity contribution in [2.45, 2.75) is 53.1 Å². The maximum Gasteiger partial charge on any atom is 0.0726 e. The van der Waals surface area contributed by atoms with Crippen LogP contribution < -0.4 is 0 Å². The average molecular weight is 221 g/mol. The molecule has 0 aliphatic rings. The molecule has 0 saturated heterocycles. The second-order valence-corrected chi connectivity index (χ2v) is 4.42. The van der Waals surface area contributed by atoms with Gasteiger partial charge in [-0.05, 0) is 44.9 Å². The molecule has 1 rings (SSSR count). The third-order valence-corrected chi connectivity index (χ3v) is 2.06. The summed E-state index contributed by atoms with van der Waals surface area (Å²) in [5, 5.41) is 0. The van der Waals surface area contributed by atoms with Crippen LogP contribution in [0.3, 0.4) is 0 Å². The SMILES string of the molecule is CC(C)OCc1[c]c(COC(C)C)ccc1. The molecule has 0 aliphatic heterocycles. The lowest BCUT2D eigenvalue weighted by molar-refractivity contribution is 0.0623. The summed E-state index contributed by atoms with van der Waals surface area (Å²) in [6.07, 6.45) is 0.507. The van der Waals surface area contributed by atoms with Gasteiger partial charge in [-0.3, -0.25) is 0 Å². The van der Waals surface area contributed by atoms with Gasteiger partial charge in [-0.15, -0.1) is 0 Å². The highest BCUT2D eigenvalue weighted by atomic mass is 16.5. The second kappa shape index (κ2) is 6.66. The van der Waals surface area contributed by atoms with Gasteiger partial charge < -0.3 is 9.47 Å². The molecule has 0 aliphatic carbocycles. The Kier molecular flexibility index (Phi) is 5.50. The Bertz CT molecular complexity index is 278. The molecule has 1 radical (unpaired) electrons. The van der Waals surface area contributed by atoms with E-state index < -0.39 is 0 Å². The van der Waals surface area contributed by atoms with E-state index in [0.29, 0.717) is 13.2 Å². The summed E-state index contributed by atoms with van der Waals surface area (Å²) < 4.78 is 11.1. The van der Waals surface area contributed by atoms with Gasteiger partial charge in [-0.1, -0.05) is 18.2 Å². The largest absolute Gasteiger partial charge is 0.374 e. The van der Waals surface area contributed by atoms with Crippen molar-refractivity contribution >= 4 is 0 Å². The minimum atomic E-state index is 0.254. The zero-order chi connectivity index (χ0) is 12.0. The fourth-order valence-corrected chi connectivity index (χ4v) is 1.25. The molecule has 0 bridgehead atoms. The molecule has 0 spiro atoms. The van der Waals surface area contributed by atoms with E-state index in [2.05, 4.69) is 6.07 Å². The normalized spacial score (nSPS) is 11.4. The van der Waals surface area contributed by atoms with Crippen molar-refractivity contribution in [3.05, 3.63) is 35.4 Å². The molecule has 0 fully saturated rings. The van der Waals surface area contributed by atoms with Gasteiger partial charge in [0.25, 0.3) is 0 Å². The summed E-state index contributed by atoms with van der Waals surface area (Å²) in [5.41, 5.74) is 2.16. The van der Waals surface area contributed by atoms with E-state index in [-0.39, 0.29) is 12.2 Å². The fourth-order valence-electron chi connectivity index (χ4n) is 1.25. The van der Waals surface area contributed by atoms with E-state index >= 15 is 0 Å². The lowest BCUT2D eigenvalue weighted by atomic mass is 10.1. The third kappa shape index (κ3) is 5.29. The minimum Gasteiger partial charge on any atom is -0.374 e. The van der Waals surface area contributed by atoms with Crippen LogP contribution in [-0.4, -0.2) is 12.2 Å². The van der Waals surface area contributed by atoms with E-state index in [0.717, 1.165) is 11.1 Å². The van der Waals surface area contributed by atoms with E-state index in [1.165, 1.54) is 0 Å². The van der Waals surface area contributed by atoms with E-state index in [1.807, 2.05) is 45.9 Å². The molecule has 0 N–H and O–H groups in total. The lowest BCUT2D eigenvalue weighted by Gasteiger charge is -2.10. The highest BCUT2D eigenvalue weighted by Crippen LogP contribution is 2.09. The van der Waals surface area contributed by atoms with Crippen molar-refractivity contribution in [3.8, 4) is 0 Å². The maximum atomic E-state index is 5.54. The highest BCUT2D eigenvalue weighted by Gasteiger charge is 2.00. The Morgan fingerprint density at radius 1 is 0.938 bits per heavy atom. The number of rotatable bonds is 6. The first-order chi connectivity index (χ1) is 7.58. The smallest absolute Gasteiger partial charge is 0.0726 e. The van der Waals surface area contributed by atoms with Gasteiger partial charge in [0.05, 0.1) is 25.4 Å². The van der Waals surface area contributed by atoms with Crippen LogP contribution in [0.25, 0.3) is 0 Å². The van der Waals surface area contributed by atoms with Gasteiger partial charge in [-0.2, -0.15) is 0 Å². The summed E-state index contributed by atoms with van der Waals surface area (Å²) in [6, 6.07) is 9.39. The topological polar surface area (TPSA) is 18.5 Å². The average Bonchev–Trinajstić information content (AvgIpc) is 2.24. The van der Waals surface area contributed by atoms with E-state index in [9.17, 15) is 0 Å². The van der Waals surface area contributed by atoms with Gasteiger partial charge in [0, 0.05) is 0 Å². The van der Waals surface area contributed by atoms with Crippen molar-refractivity contribution < 1.29 is 9.47 Å². The van der Waals surface area contributed by atoms with Crippen LogP contribution in [0.2, 0.25) is 0 Å². The number of hydrogen-bond donors (Lipinski definition) is 0. The lowest BCUT2D eigenvalue weighted by Crippen LogP contribution is -2.04. The van der Waals surface area contributed by atoms with Crippen molar-refractivity contribution in [2.24, 2.45) is 0 Å². The molecule has 2 nitrogen and oxygen atoms in total. The molecule has 0 atom stereocenters. The maximum absolute atomic E-state index is 5.54. The van der Waals surface area contributed by atoms with Crippen LogP contribution in [0, 0.1) is 6.07 Å². The summed E-state index contributed by atoms with van der Waals surface area (Å²) in [5.74, 6) is 0. The molecule has 1 aromatic carbocycles. The number of benzene rings is 1. The predicted octanol–water partition coefficient (Wildman–Crippen LogP) is 3.34. The zero-order valence-electron chi connectivity index (χ0n) is 10.6. The molecular formula is C14H21O2. The standard InChI is InChI=1S/C14H21O2/c1-11(2)15-9-13-6-5-7-14(8-13)10-16-12(3)4/h5-7,11-12H,9-10H2,1-4H3. The van der Waals surface area contributed by atoms with Gasteiger partial charge in [0.15, 0.2) is 0 Å². The third-order valence-electron chi connectivity index (χ3n) is 2.06. The number of hydrogen-bond acceptors (Lipinski definition) is 2. The summed E-state index contributed by atoms with van der Waals surface area (Å²) in [7, 11) is 0. The first-order valence-electron chi connectivity index (χ1n) is 5.81. The van der Waals surface area contributed by atoms with Crippen LogP contribution in [0.4, 0.5) is 0 Å². The predicted molar refractivity (Wildman–Crippen MR) is 65.1 cm³/mol. The summed E-state index contributed by atoms with van der Waals surface area (Å²) >= 11 is 0. The Morgan fingerprint density at radius 2 is 1.38 bits per heavy atom. The zero-order valence-corrected chi connectivity index (χ0v) is 10.6. The van der Waals surface area contributed by atoms with Crippen LogP contribution in [0.1, 0.15) is 38.8 Å². The van der Waals surface area contributed by atoms with Gasteiger partial charge in [0.1, 0.15) is 0 Å². The highest BCUT2D eigenvalue weighted by molar-refractivity contribution is 5.20. The van der Waals surface area contributed by atoms with Crippen LogP contribution in [0.15, 0.2) is 18.2 Å². The van der Waals surface area contributed by atoms with Crippen molar-refractivity contribution in [2.75, 3.05) is 0 Å². The summed E-state index contributed by atoms with van der Waals surface area (Å²) in [6.45, 7) is 9.37. The van der Waals surface area contributed by atoms with Crippen LogP contribution >= 0.6 is 0 Å².